The minimum Gasteiger partial charge on any atom is -0.309 e. The number of para-hydroxylation sites is 2. The molecule has 4 aromatic rings. The van der Waals surface area contributed by atoms with Crippen molar-refractivity contribution in [2.45, 2.75) is 6.92 Å². The van der Waals surface area contributed by atoms with Crippen LogP contribution in [0.15, 0.2) is 97.1 Å². The number of carbonyl (C=O) groups is 1. The van der Waals surface area contributed by atoms with E-state index in [0.29, 0.717) is 21.2 Å². The highest BCUT2D eigenvalue weighted by Gasteiger charge is 2.14. The Hall–Kier alpha value is -3.07. The number of ketones is 1. The maximum Gasteiger partial charge on any atom is 0.190 e. The molecule has 0 aliphatic rings. The van der Waals surface area contributed by atoms with Crippen LogP contribution in [-0.2, 0) is 0 Å². The third-order valence-electron chi connectivity index (χ3n) is 5.08. The van der Waals surface area contributed by atoms with Gasteiger partial charge < -0.3 is 4.57 Å². The fourth-order valence-electron chi connectivity index (χ4n) is 3.60. The van der Waals surface area contributed by atoms with E-state index in [4.69, 9.17) is 23.2 Å². The van der Waals surface area contributed by atoms with E-state index in [1.165, 1.54) is 10.8 Å². The summed E-state index contributed by atoms with van der Waals surface area (Å²) in [5.41, 5.74) is 3.99. The van der Waals surface area contributed by atoms with Crippen molar-refractivity contribution >= 4 is 56.5 Å². The average molecular weight is 432 g/mol. The molecule has 3 aromatic carbocycles. The summed E-state index contributed by atoms with van der Waals surface area (Å²) in [5, 5.41) is 3.20. The zero-order chi connectivity index (χ0) is 21.3. The molecule has 30 heavy (non-hydrogen) atoms. The number of allylic oxidation sites excluding steroid dienone is 5. The number of rotatable bonds is 5. The van der Waals surface area contributed by atoms with Gasteiger partial charge in [-0.15, -0.1) is 0 Å². The van der Waals surface area contributed by atoms with Gasteiger partial charge >= 0.3 is 0 Å². The molecule has 0 amide bonds. The van der Waals surface area contributed by atoms with Crippen molar-refractivity contribution in [2.75, 3.05) is 0 Å². The van der Waals surface area contributed by atoms with Gasteiger partial charge in [-0.1, -0.05) is 72.3 Å². The van der Waals surface area contributed by atoms with Crippen molar-refractivity contribution in [3.8, 4) is 0 Å². The number of halogens is 2. The quantitative estimate of drug-likeness (QED) is 0.178. The fourth-order valence-corrected chi connectivity index (χ4v) is 3.98. The molecule has 1 aromatic heterocycles. The standard InChI is InChI=1S/C26H19Cl2NO/c1-3-19(14-12-17(2)26(30)22-16-18(27)13-15-23(22)28)29-24-10-6-4-8-20(24)21-9-5-7-11-25(21)29/h3-16H,1H2,2H3/b17-12+,19-14+. The van der Waals surface area contributed by atoms with Crippen molar-refractivity contribution < 1.29 is 4.79 Å². The molecule has 0 unspecified atom stereocenters. The van der Waals surface area contributed by atoms with Gasteiger partial charge in [0.2, 0.25) is 0 Å². The molecule has 0 bridgehead atoms. The van der Waals surface area contributed by atoms with Crippen LogP contribution in [0.4, 0.5) is 0 Å². The molecule has 0 aliphatic carbocycles. The third kappa shape index (κ3) is 3.60. The SMILES string of the molecule is C=C/C(=C\C=C(/C)C(=O)c1cc(Cl)ccc1Cl)n1c2ccccc2c2ccccc21. The van der Waals surface area contributed by atoms with Gasteiger partial charge in [0.25, 0.3) is 0 Å². The molecule has 0 N–H and O–H groups in total. The summed E-state index contributed by atoms with van der Waals surface area (Å²) >= 11 is 12.2. The van der Waals surface area contributed by atoms with Crippen LogP contribution >= 0.6 is 23.2 Å². The fraction of sp³-hybridized carbons (Fsp3) is 0.0385. The molecular weight excluding hydrogens is 413 g/mol. The van der Waals surface area contributed by atoms with Crippen LogP contribution in [0, 0.1) is 0 Å². The van der Waals surface area contributed by atoms with Gasteiger partial charge in [-0.05, 0) is 55.0 Å². The lowest BCUT2D eigenvalue weighted by Gasteiger charge is -2.08. The second-order valence-corrected chi connectivity index (χ2v) is 7.81. The maximum atomic E-state index is 12.9. The predicted octanol–water partition coefficient (Wildman–Crippen LogP) is 7.96. The first-order valence-corrected chi connectivity index (χ1v) is 10.3. The smallest absolute Gasteiger partial charge is 0.190 e. The van der Waals surface area contributed by atoms with E-state index in [9.17, 15) is 4.79 Å². The molecule has 0 atom stereocenters. The number of hydrogen-bond acceptors (Lipinski definition) is 1. The van der Waals surface area contributed by atoms with Crippen LogP contribution in [0.3, 0.4) is 0 Å². The lowest BCUT2D eigenvalue weighted by molar-refractivity contribution is 0.103. The largest absolute Gasteiger partial charge is 0.309 e. The van der Waals surface area contributed by atoms with Crippen LogP contribution in [0.2, 0.25) is 10.0 Å². The summed E-state index contributed by atoms with van der Waals surface area (Å²) in [6.45, 7) is 5.76. The topological polar surface area (TPSA) is 22.0 Å². The molecule has 0 aliphatic heterocycles. The normalized spacial score (nSPS) is 12.5. The Bertz CT molecular complexity index is 1300. The average Bonchev–Trinajstić information content (AvgIpc) is 3.10. The molecule has 4 rings (SSSR count). The lowest BCUT2D eigenvalue weighted by Crippen LogP contribution is -2.02. The second-order valence-electron chi connectivity index (χ2n) is 6.97. The molecule has 2 nitrogen and oxygen atoms in total. The lowest BCUT2D eigenvalue weighted by atomic mass is 10.0. The van der Waals surface area contributed by atoms with E-state index < -0.39 is 0 Å². The number of benzene rings is 3. The molecule has 0 spiro atoms. The Balaban J connectivity index is 1.82. The first-order valence-electron chi connectivity index (χ1n) is 9.50. The zero-order valence-electron chi connectivity index (χ0n) is 16.4. The number of fused-ring (bicyclic) bond motifs is 3. The van der Waals surface area contributed by atoms with Gasteiger partial charge in [0, 0.05) is 27.1 Å². The molecule has 0 saturated carbocycles. The van der Waals surface area contributed by atoms with Gasteiger partial charge in [-0.2, -0.15) is 0 Å². The molecule has 4 heteroatoms. The van der Waals surface area contributed by atoms with Crippen LogP contribution < -0.4 is 0 Å². The van der Waals surface area contributed by atoms with E-state index in [1.54, 1.807) is 37.3 Å². The number of aromatic nitrogens is 1. The van der Waals surface area contributed by atoms with Gasteiger partial charge in [0.05, 0.1) is 16.1 Å². The van der Waals surface area contributed by atoms with E-state index in [-0.39, 0.29) is 5.78 Å². The number of hydrogen-bond donors (Lipinski definition) is 0. The zero-order valence-corrected chi connectivity index (χ0v) is 17.9. The van der Waals surface area contributed by atoms with Crippen molar-refractivity contribution in [1.82, 2.24) is 4.57 Å². The van der Waals surface area contributed by atoms with Gasteiger partial charge in [-0.25, -0.2) is 0 Å². The van der Waals surface area contributed by atoms with E-state index in [2.05, 4.69) is 35.4 Å². The summed E-state index contributed by atoms with van der Waals surface area (Å²) in [7, 11) is 0. The molecule has 0 saturated heterocycles. The molecular formula is C26H19Cl2NO. The van der Waals surface area contributed by atoms with Crippen molar-refractivity contribution in [2.24, 2.45) is 0 Å². The highest BCUT2D eigenvalue weighted by molar-refractivity contribution is 6.36. The van der Waals surface area contributed by atoms with Crippen molar-refractivity contribution in [1.29, 1.82) is 0 Å². The highest BCUT2D eigenvalue weighted by atomic mass is 35.5. The Kier molecular flexibility index (Phi) is 5.63. The van der Waals surface area contributed by atoms with E-state index in [0.717, 1.165) is 16.7 Å². The van der Waals surface area contributed by atoms with Crippen molar-refractivity contribution in [3.63, 3.8) is 0 Å². The monoisotopic (exact) mass is 431 g/mol. The summed E-state index contributed by atoms with van der Waals surface area (Å²) < 4.78 is 2.15. The molecule has 0 fully saturated rings. The Morgan fingerprint density at radius 3 is 2.10 bits per heavy atom. The van der Waals surface area contributed by atoms with Gasteiger partial charge in [0.15, 0.2) is 5.78 Å². The summed E-state index contributed by atoms with van der Waals surface area (Å²) in [6.07, 6.45) is 5.48. The highest BCUT2D eigenvalue weighted by Crippen LogP contribution is 2.32. The van der Waals surface area contributed by atoms with Crippen LogP contribution in [0.25, 0.3) is 27.5 Å². The minimum atomic E-state index is -0.163. The number of nitrogens with zero attached hydrogens (tertiary/aromatic N) is 1. The van der Waals surface area contributed by atoms with Gasteiger partial charge in [-0.3, -0.25) is 4.79 Å². The molecule has 148 valence electrons. The minimum absolute atomic E-state index is 0.163. The third-order valence-corrected chi connectivity index (χ3v) is 5.65. The summed E-state index contributed by atoms with van der Waals surface area (Å²) in [6, 6.07) is 21.4. The Morgan fingerprint density at radius 2 is 1.50 bits per heavy atom. The second kappa shape index (κ2) is 8.35. The van der Waals surface area contributed by atoms with Crippen LogP contribution in [0.1, 0.15) is 17.3 Å². The Morgan fingerprint density at radius 1 is 0.900 bits per heavy atom. The van der Waals surface area contributed by atoms with Crippen LogP contribution in [-0.4, -0.2) is 10.4 Å². The molecule has 1 heterocycles. The summed E-state index contributed by atoms with van der Waals surface area (Å²) in [5.74, 6) is -0.163. The van der Waals surface area contributed by atoms with Gasteiger partial charge in [0.1, 0.15) is 0 Å². The first-order chi connectivity index (χ1) is 14.5. The first kappa shape index (κ1) is 20.2. The number of carbonyl (C=O) groups excluding carboxylic acids is 1. The summed E-state index contributed by atoms with van der Waals surface area (Å²) in [4.78, 5) is 12.9. The molecule has 0 radical (unpaired) electrons. The maximum absolute atomic E-state index is 12.9. The predicted molar refractivity (Wildman–Crippen MR) is 128 cm³/mol. The van der Waals surface area contributed by atoms with Crippen LogP contribution in [0.5, 0.6) is 0 Å². The van der Waals surface area contributed by atoms with Crippen molar-refractivity contribution in [3.05, 3.63) is 113 Å². The number of Topliss-reactive ketones (excluding diaryl/α,β-unsaturated/α-hetero) is 1. The van der Waals surface area contributed by atoms with E-state index in [1.807, 2.05) is 30.3 Å². The van der Waals surface area contributed by atoms with E-state index >= 15 is 0 Å². The Labute approximate surface area is 185 Å².